The minimum absolute atomic E-state index is 0.0489. The molecule has 2 rings (SSSR count). The summed E-state index contributed by atoms with van der Waals surface area (Å²) in [5.74, 6) is 0.100. The third-order valence-corrected chi connectivity index (χ3v) is 3.83. The zero-order valence-electron chi connectivity index (χ0n) is 14.4. The smallest absolute Gasteiger partial charge is 0.254 e. The molecular formula is C19H21ClFNO3. The van der Waals surface area contributed by atoms with Gasteiger partial charge in [-0.1, -0.05) is 17.7 Å². The Morgan fingerprint density at radius 2 is 1.80 bits per heavy atom. The first kappa shape index (κ1) is 19.1. The van der Waals surface area contributed by atoms with Crippen molar-refractivity contribution < 1.29 is 18.7 Å². The first-order chi connectivity index (χ1) is 12.0. The van der Waals surface area contributed by atoms with Crippen molar-refractivity contribution >= 4 is 17.5 Å². The maximum Gasteiger partial charge on any atom is 0.254 e. The summed E-state index contributed by atoms with van der Waals surface area (Å²) in [7, 11) is 0. The van der Waals surface area contributed by atoms with Gasteiger partial charge in [-0.15, -0.1) is 0 Å². The number of carbonyl (C=O) groups excluding carboxylic acids is 1. The van der Waals surface area contributed by atoms with Crippen molar-refractivity contribution in [2.45, 2.75) is 26.8 Å². The van der Waals surface area contributed by atoms with Gasteiger partial charge in [-0.05, 0) is 56.7 Å². The predicted octanol–water partition coefficient (Wildman–Crippen LogP) is 4.77. The Morgan fingerprint density at radius 3 is 2.44 bits per heavy atom. The van der Waals surface area contributed by atoms with E-state index in [2.05, 4.69) is 5.32 Å². The Labute approximate surface area is 151 Å². The number of hydrogen-bond acceptors (Lipinski definition) is 3. The largest absolute Gasteiger partial charge is 0.490 e. The zero-order chi connectivity index (χ0) is 18.4. The molecule has 0 unspecified atom stereocenters. The Bertz CT molecular complexity index is 751. The molecule has 0 aliphatic rings. The van der Waals surface area contributed by atoms with Crippen LogP contribution in [0.4, 0.5) is 4.39 Å². The molecule has 0 heterocycles. The molecule has 0 bridgehead atoms. The molecule has 4 nitrogen and oxygen atoms in total. The fourth-order valence-corrected chi connectivity index (χ4v) is 2.53. The van der Waals surface area contributed by atoms with Crippen LogP contribution in [0.3, 0.4) is 0 Å². The fourth-order valence-electron chi connectivity index (χ4n) is 2.37. The van der Waals surface area contributed by atoms with Crippen molar-refractivity contribution in [3.05, 3.63) is 58.4 Å². The Hall–Kier alpha value is -2.27. The highest BCUT2D eigenvalue weighted by Crippen LogP contribution is 2.31. The average molecular weight is 366 g/mol. The van der Waals surface area contributed by atoms with E-state index in [0.717, 1.165) is 11.6 Å². The van der Waals surface area contributed by atoms with E-state index in [9.17, 15) is 9.18 Å². The van der Waals surface area contributed by atoms with Gasteiger partial charge in [-0.2, -0.15) is 0 Å². The van der Waals surface area contributed by atoms with Crippen LogP contribution in [0, 0.1) is 5.82 Å². The summed E-state index contributed by atoms with van der Waals surface area (Å²) >= 11 is 5.71. The number of amides is 1. The van der Waals surface area contributed by atoms with Crippen molar-refractivity contribution in [1.82, 2.24) is 5.32 Å². The molecule has 134 valence electrons. The van der Waals surface area contributed by atoms with Crippen molar-refractivity contribution in [3.63, 3.8) is 0 Å². The maximum atomic E-state index is 13.9. The molecule has 1 atom stereocenters. The molecule has 6 heteroatoms. The van der Waals surface area contributed by atoms with E-state index in [4.69, 9.17) is 21.1 Å². The monoisotopic (exact) mass is 365 g/mol. The Balaban J connectivity index is 2.18. The van der Waals surface area contributed by atoms with Gasteiger partial charge < -0.3 is 14.8 Å². The lowest BCUT2D eigenvalue weighted by atomic mass is 10.1. The summed E-state index contributed by atoms with van der Waals surface area (Å²) in [4.78, 5) is 12.3. The van der Waals surface area contributed by atoms with Crippen molar-refractivity contribution in [2.75, 3.05) is 13.2 Å². The van der Waals surface area contributed by atoms with Gasteiger partial charge in [0.05, 0.1) is 24.8 Å². The maximum absolute atomic E-state index is 13.9. The molecule has 0 radical (unpaired) electrons. The lowest BCUT2D eigenvalue weighted by Crippen LogP contribution is -2.27. The lowest BCUT2D eigenvalue weighted by molar-refractivity contribution is 0.0935. The van der Waals surface area contributed by atoms with E-state index in [1.54, 1.807) is 6.07 Å². The summed E-state index contributed by atoms with van der Waals surface area (Å²) in [6.45, 7) is 6.63. The SMILES string of the molecule is CCOc1ccc([C@@H](C)NC(=O)c2ccc(Cl)cc2F)cc1OCC. The molecule has 0 aliphatic heterocycles. The lowest BCUT2D eigenvalue weighted by Gasteiger charge is -2.18. The van der Waals surface area contributed by atoms with Crippen molar-refractivity contribution in [3.8, 4) is 11.5 Å². The van der Waals surface area contributed by atoms with Crippen LogP contribution in [0.5, 0.6) is 11.5 Å². The summed E-state index contributed by atoms with van der Waals surface area (Å²) in [5, 5.41) is 3.02. The van der Waals surface area contributed by atoms with E-state index in [0.29, 0.717) is 24.7 Å². The molecule has 2 aromatic rings. The number of halogens is 2. The van der Waals surface area contributed by atoms with Gasteiger partial charge in [0.15, 0.2) is 11.5 Å². The molecule has 0 spiro atoms. The highest BCUT2D eigenvalue weighted by atomic mass is 35.5. The second kappa shape index (κ2) is 8.72. The molecule has 0 aliphatic carbocycles. The number of hydrogen-bond donors (Lipinski definition) is 1. The van der Waals surface area contributed by atoms with Crippen LogP contribution < -0.4 is 14.8 Å². The quantitative estimate of drug-likeness (QED) is 0.769. The highest BCUT2D eigenvalue weighted by molar-refractivity contribution is 6.30. The highest BCUT2D eigenvalue weighted by Gasteiger charge is 2.17. The molecule has 0 saturated heterocycles. The van der Waals surface area contributed by atoms with E-state index in [1.165, 1.54) is 12.1 Å². The number of rotatable bonds is 7. The van der Waals surface area contributed by atoms with E-state index in [-0.39, 0.29) is 16.6 Å². The summed E-state index contributed by atoms with van der Waals surface area (Å²) < 4.78 is 25.0. The molecule has 1 amide bonds. The number of carbonyl (C=O) groups is 1. The minimum Gasteiger partial charge on any atom is -0.490 e. The zero-order valence-corrected chi connectivity index (χ0v) is 15.2. The second-order valence-corrected chi connectivity index (χ2v) is 5.83. The van der Waals surface area contributed by atoms with E-state index < -0.39 is 11.7 Å². The third-order valence-electron chi connectivity index (χ3n) is 3.59. The van der Waals surface area contributed by atoms with Crippen LogP contribution in [0.2, 0.25) is 5.02 Å². The number of nitrogens with one attached hydrogen (secondary N) is 1. The molecule has 25 heavy (non-hydrogen) atoms. The van der Waals surface area contributed by atoms with E-state index >= 15 is 0 Å². The second-order valence-electron chi connectivity index (χ2n) is 5.39. The normalized spacial score (nSPS) is 11.7. The molecule has 0 fully saturated rings. The predicted molar refractivity (Wildman–Crippen MR) is 96.1 cm³/mol. The molecular weight excluding hydrogens is 345 g/mol. The van der Waals surface area contributed by atoms with Gasteiger partial charge >= 0.3 is 0 Å². The fraction of sp³-hybridized carbons (Fsp3) is 0.316. The van der Waals surface area contributed by atoms with Crippen LogP contribution >= 0.6 is 11.6 Å². The summed E-state index contributed by atoms with van der Waals surface area (Å²) in [6.07, 6.45) is 0. The standard InChI is InChI=1S/C19H21ClFNO3/c1-4-24-17-9-6-13(10-18(17)25-5-2)12(3)22-19(23)15-8-7-14(20)11-16(15)21/h6-12H,4-5H2,1-3H3,(H,22,23)/t12-/m1/s1. The van der Waals surface area contributed by atoms with Gasteiger partial charge in [0.1, 0.15) is 5.82 Å². The summed E-state index contributed by atoms with van der Waals surface area (Å²) in [5.41, 5.74) is 0.779. The first-order valence-corrected chi connectivity index (χ1v) is 8.49. The van der Waals surface area contributed by atoms with Crippen molar-refractivity contribution in [1.29, 1.82) is 0 Å². The van der Waals surface area contributed by atoms with Gasteiger partial charge in [0, 0.05) is 5.02 Å². The van der Waals surface area contributed by atoms with Crippen LogP contribution in [0.25, 0.3) is 0 Å². The van der Waals surface area contributed by atoms with Crippen molar-refractivity contribution in [2.24, 2.45) is 0 Å². The Kier molecular flexibility index (Phi) is 6.65. The first-order valence-electron chi connectivity index (χ1n) is 8.11. The molecule has 0 aromatic heterocycles. The average Bonchev–Trinajstić information content (AvgIpc) is 2.56. The van der Waals surface area contributed by atoms with Gasteiger partial charge in [-0.25, -0.2) is 4.39 Å². The van der Waals surface area contributed by atoms with E-state index in [1.807, 2.05) is 32.9 Å². The van der Waals surface area contributed by atoms with Crippen LogP contribution in [-0.2, 0) is 0 Å². The number of benzene rings is 2. The minimum atomic E-state index is -0.654. The Morgan fingerprint density at radius 1 is 1.12 bits per heavy atom. The molecule has 1 N–H and O–H groups in total. The van der Waals surface area contributed by atoms with Crippen LogP contribution in [-0.4, -0.2) is 19.1 Å². The third kappa shape index (κ3) is 4.86. The van der Waals surface area contributed by atoms with Gasteiger partial charge in [0.2, 0.25) is 0 Å². The van der Waals surface area contributed by atoms with Crippen LogP contribution in [0.15, 0.2) is 36.4 Å². The topological polar surface area (TPSA) is 47.6 Å². The van der Waals surface area contributed by atoms with Crippen LogP contribution in [0.1, 0.15) is 42.7 Å². The van der Waals surface area contributed by atoms with Gasteiger partial charge in [-0.3, -0.25) is 4.79 Å². The summed E-state index contributed by atoms with van der Waals surface area (Å²) in [6, 6.07) is 9.09. The molecule has 2 aromatic carbocycles. The molecule has 0 saturated carbocycles. The van der Waals surface area contributed by atoms with Gasteiger partial charge in [0.25, 0.3) is 5.91 Å². The number of ether oxygens (including phenoxy) is 2.